The second-order valence-corrected chi connectivity index (χ2v) is 5.64. The lowest BCUT2D eigenvalue weighted by Gasteiger charge is -2.07. The first-order valence-corrected chi connectivity index (χ1v) is 7.73. The second kappa shape index (κ2) is 7.78. The number of carbonyl (C=O) groups excluding carboxylic acids is 2. The van der Waals surface area contributed by atoms with Gasteiger partial charge in [-0.15, -0.1) is 0 Å². The topological polar surface area (TPSA) is 75.5 Å². The van der Waals surface area contributed by atoms with Gasteiger partial charge in [0, 0.05) is 31.3 Å². The molecule has 0 saturated heterocycles. The third kappa shape index (κ3) is 4.56. The maximum atomic E-state index is 11.8. The van der Waals surface area contributed by atoms with Crippen molar-refractivity contribution in [3.8, 4) is 0 Å². The molecular formula is C16H19ClN4O2. The molecule has 0 aliphatic carbocycles. The smallest absolute Gasteiger partial charge is 0.244 e. The zero-order chi connectivity index (χ0) is 16.8. The Kier molecular flexibility index (Phi) is 5.76. The molecule has 0 aliphatic rings. The Morgan fingerprint density at radius 1 is 1.30 bits per heavy atom. The molecule has 2 heterocycles. The molecule has 0 bridgehead atoms. The number of halogens is 1. The van der Waals surface area contributed by atoms with Gasteiger partial charge >= 0.3 is 0 Å². The number of pyridine rings is 1. The van der Waals surface area contributed by atoms with Crippen LogP contribution in [0.4, 0.5) is 0 Å². The quantitative estimate of drug-likeness (QED) is 0.625. The summed E-state index contributed by atoms with van der Waals surface area (Å²) in [5, 5.41) is 5.76. The Morgan fingerprint density at radius 3 is 2.78 bits per heavy atom. The number of rotatable bonds is 6. The molecule has 0 saturated carbocycles. The fourth-order valence-corrected chi connectivity index (χ4v) is 2.16. The average molecular weight is 335 g/mol. The van der Waals surface area contributed by atoms with Crippen LogP contribution < -0.4 is 10.6 Å². The summed E-state index contributed by atoms with van der Waals surface area (Å²) in [6.07, 6.45) is 4.84. The van der Waals surface area contributed by atoms with Gasteiger partial charge in [0.2, 0.25) is 11.8 Å². The molecule has 2 rings (SSSR count). The molecule has 0 aliphatic heterocycles. The third-order valence-corrected chi connectivity index (χ3v) is 3.44. The summed E-state index contributed by atoms with van der Waals surface area (Å²) in [7, 11) is 0. The van der Waals surface area contributed by atoms with E-state index in [0.717, 1.165) is 0 Å². The maximum Gasteiger partial charge on any atom is 0.244 e. The molecule has 0 unspecified atom stereocenters. The molecule has 2 N–H and O–H groups in total. The number of nitrogens with zero attached hydrogens (tertiary/aromatic N) is 2. The number of hydrogen-bond donors (Lipinski definition) is 2. The second-order valence-electron chi connectivity index (χ2n) is 5.29. The Morgan fingerprint density at radius 2 is 2.04 bits per heavy atom. The van der Waals surface area contributed by atoms with Crippen LogP contribution >= 0.6 is 11.6 Å². The average Bonchev–Trinajstić information content (AvgIpc) is 2.84. The van der Waals surface area contributed by atoms with E-state index in [1.54, 1.807) is 10.5 Å². The van der Waals surface area contributed by atoms with Gasteiger partial charge < -0.3 is 10.6 Å². The van der Waals surface area contributed by atoms with Gasteiger partial charge in [-0.2, -0.15) is 0 Å². The molecule has 6 nitrogen and oxygen atoms in total. The molecule has 23 heavy (non-hydrogen) atoms. The van der Waals surface area contributed by atoms with Crippen LogP contribution in [0.2, 0.25) is 5.15 Å². The van der Waals surface area contributed by atoms with Gasteiger partial charge in [-0.1, -0.05) is 31.5 Å². The van der Waals surface area contributed by atoms with Crippen molar-refractivity contribution >= 4 is 35.1 Å². The molecule has 2 aromatic heterocycles. The number of fused-ring (bicyclic) bond motifs is 1. The lowest BCUT2D eigenvalue weighted by molar-refractivity contribution is -0.124. The fraction of sp³-hybridized carbons (Fsp3) is 0.312. The number of aromatic nitrogens is 2. The fourth-order valence-electron chi connectivity index (χ4n) is 1.92. The van der Waals surface area contributed by atoms with Crippen LogP contribution in [0, 0.1) is 5.92 Å². The Balaban J connectivity index is 1.88. The minimum Gasteiger partial charge on any atom is -0.354 e. The van der Waals surface area contributed by atoms with E-state index in [9.17, 15) is 9.59 Å². The molecule has 0 aromatic carbocycles. The Bertz CT molecular complexity index is 737. The number of nitrogens with one attached hydrogen (secondary N) is 2. The first-order chi connectivity index (χ1) is 11.0. The van der Waals surface area contributed by atoms with E-state index in [2.05, 4.69) is 15.6 Å². The van der Waals surface area contributed by atoms with E-state index < -0.39 is 0 Å². The number of amides is 2. The van der Waals surface area contributed by atoms with E-state index in [4.69, 9.17) is 11.6 Å². The van der Waals surface area contributed by atoms with Crippen molar-refractivity contribution < 1.29 is 9.59 Å². The minimum absolute atomic E-state index is 0.0349. The first-order valence-electron chi connectivity index (χ1n) is 7.35. The van der Waals surface area contributed by atoms with E-state index >= 15 is 0 Å². The Labute approximate surface area is 139 Å². The summed E-state index contributed by atoms with van der Waals surface area (Å²) in [6, 6.07) is 5.56. The predicted molar refractivity (Wildman–Crippen MR) is 90.1 cm³/mol. The van der Waals surface area contributed by atoms with Crippen LogP contribution in [0.1, 0.15) is 19.5 Å². The normalized spacial score (nSPS) is 11.3. The van der Waals surface area contributed by atoms with Gasteiger partial charge in [0.1, 0.15) is 5.65 Å². The van der Waals surface area contributed by atoms with E-state index in [0.29, 0.717) is 29.6 Å². The SMILES string of the molecule is CC(C)C(=O)NCCNC(=O)/C=C/c1c(Cl)nc2ccccn12. The lowest BCUT2D eigenvalue weighted by Crippen LogP contribution is -2.35. The molecule has 0 spiro atoms. The monoisotopic (exact) mass is 334 g/mol. The highest BCUT2D eigenvalue weighted by atomic mass is 35.5. The highest BCUT2D eigenvalue weighted by molar-refractivity contribution is 6.31. The lowest BCUT2D eigenvalue weighted by atomic mass is 10.2. The molecular weight excluding hydrogens is 316 g/mol. The van der Waals surface area contributed by atoms with E-state index in [1.807, 2.05) is 38.2 Å². The van der Waals surface area contributed by atoms with Gasteiger partial charge in [-0.3, -0.25) is 14.0 Å². The summed E-state index contributed by atoms with van der Waals surface area (Å²) in [4.78, 5) is 27.3. The largest absolute Gasteiger partial charge is 0.354 e. The number of hydrogen-bond acceptors (Lipinski definition) is 3. The van der Waals surface area contributed by atoms with E-state index in [-0.39, 0.29) is 17.7 Å². The predicted octanol–water partition coefficient (Wildman–Crippen LogP) is 1.89. The van der Waals surface area contributed by atoms with Gasteiger partial charge in [-0.25, -0.2) is 4.98 Å². The molecule has 7 heteroatoms. The van der Waals surface area contributed by atoms with Crippen LogP contribution in [-0.2, 0) is 9.59 Å². The van der Waals surface area contributed by atoms with Crippen molar-refractivity contribution in [1.29, 1.82) is 0 Å². The van der Waals surface area contributed by atoms with Crippen molar-refractivity contribution in [3.63, 3.8) is 0 Å². The molecule has 0 radical (unpaired) electrons. The van der Waals surface area contributed by atoms with Crippen LogP contribution in [0.15, 0.2) is 30.5 Å². The standard InChI is InChI=1S/C16H19ClN4O2/c1-11(2)16(23)19-9-8-18-14(22)7-6-12-15(17)20-13-5-3-4-10-21(12)13/h3-7,10-11H,8-9H2,1-2H3,(H,18,22)(H,19,23)/b7-6+. The van der Waals surface area contributed by atoms with Crippen molar-refractivity contribution in [2.45, 2.75) is 13.8 Å². The number of imidazole rings is 1. The highest BCUT2D eigenvalue weighted by Crippen LogP contribution is 2.18. The summed E-state index contributed by atoms with van der Waals surface area (Å²) in [5.74, 6) is -0.360. The van der Waals surface area contributed by atoms with Gasteiger partial charge in [-0.05, 0) is 18.2 Å². The Hall–Kier alpha value is -2.34. The molecule has 0 fully saturated rings. The van der Waals surface area contributed by atoms with Gasteiger partial charge in [0.15, 0.2) is 5.15 Å². The minimum atomic E-state index is -0.259. The van der Waals surface area contributed by atoms with Crippen LogP contribution in [0.25, 0.3) is 11.7 Å². The summed E-state index contributed by atoms with van der Waals surface area (Å²) in [5.41, 5.74) is 1.36. The number of carbonyl (C=O) groups is 2. The summed E-state index contributed by atoms with van der Waals surface area (Å²) >= 11 is 6.08. The zero-order valence-corrected chi connectivity index (χ0v) is 13.8. The molecule has 2 aromatic rings. The van der Waals surface area contributed by atoms with Crippen molar-refractivity contribution in [2.75, 3.05) is 13.1 Å². The summed E-state index contributed by atoms with van der Waals surface area (Å²) < 4.78 is 1.80. The summed E-state index contributed by atoms with van der Waals surface area (Å²) in [6.45, 7) is 4.39. The van der Waals surface area contributed by atoms with Crippen LogP contribution in [0.5, 0.6) is 0 Å². The highest BCUT2D eigenvalue weighted by Gasteiger charge is 2.07. The molecule has 122 valence electrons. The maximum absolute atomic E-state index is 11.8. The van der Waals surface area contributed by atoms with Gasteiger partial charge in [0.25, 0.3) is 0 Å². The van der Waals surface area contributed by atoms with Crippen molar-refractivity contribution in [1.82, 2.24) is 20.0 Å². The molecule has 0 atom stereocenters. The van der Waals surface area contributed by atoms with Gasteiger partial charge in [0.05, 0.1) is 5.69 Å². The van der Waals surface area contributed by atoms with Crippen LogP contribution in [0.3, 0.4) is 0 Å². The van der Waals surface area contributed by atoms with Crippen LogP contribution in [-0.4, -0.2) is 34.3 Å². The third-order valence-electron chi connectivity index (χ3n) is 3.16. The van der Waals surface area contributed by atoms with Crippen molar-refractivity contribution in [3.05, 3.63) is 41.3 Å². The van der Waals surface area contributed by atoms with E-state index in [1.165, 1.54) is 6.08 Å². The molecule has 2 amide bonds. The van der Waals surface area contributed by atoms with Crippen molar-refractivity contribution in [2.24, 2.45) is 5.92 Å². The first kappa shape index (κ1) is 17.0. The zero-order valence-electron chi connectivity index (χ0n) is 13.0.